The van der Waals surface area contributed by atoms with Crippen molar-refractivity contribution in [1.29, 1.82) is 0 Å². The van der Waals surface area contributed by atoms with E-state index >= 15 is 0 Å². The van der Waals surface area contributed by atoms with Gasteiger partial charge in [-0.1, -0.05) is 36.4 Å². The number of rotatable bonds is 8. The Morgan fingerprint density at radius 3 is 2.39 bits per heavy atom. The third-order valence-corrected chi connectivity index (χ3v) is 6.23. The van der Waals surface area contributed by atoms with Crippen molar-refractivity contribution in [2.45, 2.75) is 25.4 Å². The maximum atomic E-state index is 13.0. The largest absolute Gasteiger partial charge is 0.497 e. The minimum atomic E-state index is -0.990. The molecular weight excluding hydrogens is 460 g/mol. The summed E-state index contributed by atoms with van der Waals surface area (Å²) in [6, 6.07) is 22.3. The van der Waals surface area contributed by atoms with E-state index in [2.05, 4.69) is 0 Å². The molecule has 0 radical (unpaired) electrons. The van der Waals surface area contributed by atoms with E-state index in [9.17, 15) is 9.59 Å². The molecule has 2 unspecified atom stereocenters. The second kappa shape index (κ2) is 10.2. The van der Waals surface area contributed by atoms with Crippen molar-refractivity contribution in [2.24, 2.45) is 0 Å². The van der Waals surface area contributed by atoms with Gasteiger partial charge in [0.05, 0.1) is 37.2 Å². The molecular formula is C29H26O7. The van der Waals surface area contributed by atoms with Crippen LogP contribution in [0, 0.1) is 0 Å². The van der Waals surface area contributed by atoms with E-state index < -0.39 is 23.6 Å². The van der Waals surface area contributed by atoms with E-state index in [-0.39, 0.29) is 6.61 Å². The normalized spacial score (nSPS) is 16.3. The van der Waals surface area contributed by atoms with E-state index in [0.29, 0.717) is 34.6 Å². The van der Waals surface area contributed by atoms with Crippen LogP contribution in [0.5, 0.6) is 17.2 Å². The summed E-state index contributed by atoms with van der Waals surface area (Å²) in [4.78, 5) is 25.8. The first kappa shape index (κ1) is 23.5. The summed E-state index contributed by atoms with van der Waals surface area (Å²) in [5, 5.41) is 0.641. The van der Waals surface area contributed by atoms with Gasteiger partial charge < -0.3 is 23.4 Å². The minimum absolute atomic E-state index is 0.206. The number of carbonyl (C=O) groups excluding carboxylic acids is 1. The molecule has 0 saturated heterocycles. The van der Waals surface area contributed by atoms with Gasteiger partial charge in [0.25, 0.3) is 0 Å². The van der Waals surface area contributed by atoms with Crippen molar-refractivity contribution < 1.29 is 28.2 Å². The Morgan fingerprint density at radius 2 is 1.67 bits per heavy atom. The fourth-order valence-electron chi connectivity index (χ4n) is 4.48. The summed E-state index contributed by atoms with van der Waals surface area (Å²) in [6.07, 6.45) is -0.246. The van der Waals surface area contributed by atoms with Crippen molar-refractivity contribution in [1.82, 2.24) is 0 Å². The fourth-order valence-corrected chi connectivity index (χ4v) is 4.48. The van der Waals surface area contributed by atoms with Crippen molar-refractivity contribution in [3.63, 3.8) is 0 Å². The van der Waals surface area contributed by atoms with Crippen LogP contribution in [0.25, 0.3) is 11.0 Å². The molecule has 0 bridgehead atoms. The van der Waals surface area contributed by atoms with Gasteiger partial charge in [0.1, 0.15) is 22.8 Å². The van der Waals surface area contributed by atoms with E-state index in [0.717, 1.165) is 23.3 Å². The first-order valence-corrected chi connectivity index (χ1v) is 11.8. The van der Waals surface area contributed by atoms with Crippen molar-refractivity contribution in [3.8, 4) is 17.2 Å². The van der Waals surface area contributed by atoms with E-state index in [1.807, 2.05) is 60.7 Å². The van der Waals surface area contributed by atoms with Crippen molar-refractivity contribution >= 4 is 16.9 Å². The highest BCUT2D eigenvalue weighted by Crippen LogP contribution is 2.44. The van der Waals surface area contributed by atoms with Crippen LogP contribution in [0.3, 0.4) is 0 Å². The molecule has 5 rings (SSSR count). The summed E-state index contributed by atoms with van der Waals surface area (Å²) in [6.45, 7) is 2.44. The number of carbonyl (C=O) groups is 1. The molecule has 0 fully saturated rings. The highest BCUT2D eigenvalue weighted by molar-refractivity contribution is 5.88. The number of hydrogen-bond donors (Lipinski definition) is 0. The smallest absolute Gasteiger partial charge is 0.348 e. The molecule has 0 amide bonds. The lowest BCUT2D eigenvalue weighted by molar-refractivity contribution is -0.151. The SMILES string of the molecule is CCOC(=O)C1Oc2c(c(=O)oc3ccccc23)C1c1ccc(OCCc2ccc(OC)cc2)cc1. The number of esters is 1. The molecule has 184 valence electrons. The first-order chi connectivity index (χ1) is 17.6. The fraction of sp³-hybridized carbons (Fsp3) is 0.241. The molecule has 0 aliphatic carbocycles. The Kier molecular flexibility index (Phi) is 6.62. The zero-order chi connectivity index (χ0) is 25.1. The van der Waals surface area contributed by atoms with Gasteiger partial charge in [-0.2, -0.15) is 0 Å². The molecule has 7 heteroatoms. The predicted octanol–water partition coefficient (Wildman–Crippen LogP) is 4.88. The molecule has 7 nitrogen and oxygen atoms in total. The Balaban J connectivity index is 1.39. The number of fused-ring (bicyclic) bond motifs is 3. The van der Waals surface area contributed by atoms with E-state index in [4.69, 9.17) is 23.4 Å². The second-order valence-corrected chi connectivity index (χ2v) is 8.41. The highest BCUT2D eigenvalue weighted by Gasteiger charge is 2.45. The van der Waals surface area contributed by atoms with Crippen LogP contribution in [0.2, 0.25) is 0 Å². The van der Waals surface area contributed by atoms with Crippen molar-refractivity contribution in [3.05, 3.63) is 99.9 Å². The minimum Gasteiger partial charge on any atom is -0.497 e. The third-order valence-electron chi connectivity index (χ3n) is 6.23. The van der Waals surface area contributed by atoms with Crippen LogP contribution in [0.4, 0.5) is 0 Å². The van der Waals surface area contributed by atoms with Crippen molar-refractivity contribution in [2.75, 3.05) is 20.3 Å². The lowest BCUT2D eigenvalue weighted by Gasteiger charge is -2.18. The van der Waals surface area contributed by atoms with Gasteiger partial charge in [0.2, 0.25) is 6.10 Å². The maximum Gasteiger partial charge on any atom is 0.348 e. The summed E-state index contributed by atoms with van der Waals surface area (Å²) >= 11 is 0. The average molecular weight is 487 g/mol. The van der Waals surface area contributed by atoms with Gasteiger partial charge >= 0.3 is 11.6 Å². The zero-order valence-electron chi connectivity index (χ0n) is 20.1. The maximum absolute atomic E-state index is 13.0. The van der Waals surface area contributed by atoms with Crippen LogP contribution in [0.15, 0.2) is 82.0 Å². The number of para-hydroxylation sites is 1. The zero-order valence-corrected chi connectivity index (χ0v) is 20.1. The van der Waals surface area contributed by atoms with Crippen LogP contribution >= 0.6 is 0 Å². The molecule has 4 aromatic rings. The molecule has 36 heavy (non-hydrogen) atoms. The Labute approximate surface area is 208 Å². The molecule has 3 aromatic carbocycles. The molecule has 0 spiro atoms. The molecule has 2 heterocycles. The lowest BCUT2D eigenvalue weighted by Crippen LogP contribution is -2.32. The Hall–Kier alpha value is -4.26. The quantitative estimate of drug-likeness (QED) is 0.259. The monoisotopic (exact) mass is 486 g/mol. The molecule has 0 saturated carbocycles. The highest BCUT2D eigenvalue weighted by atomic mass is 16.6. The van der Waals surface area contributed by atoms with Crippen LogP contribution in [-0.4, -0.2) is 32.4 Å². The summed E-state index contributed by atoms with van der Waals surface area (Å²) in [5.41, 5.74) is 2.07. The van der Waals surface area contributed by atoms with Gasteiger partial charge in [0, 0.05) is 6.42 Å². The molecule has 0 N–H and O–H groups in total. The van der Waals surface area contributed by atoms with Crippen LogP contribution in [-0.2, 0) is 16.0 Å². The van der Waals surface area contributed by atoms with E-state index in [1.165, 1.54) is 0 Å². The summed E-state index contributed by atoms with van der Waals surface area (Å²) in [7, 11) is 1.64. The first-order valence-electron chi connectivity index (χ1n) is 11.8. The topological polar surface area (TPSA) is 84.2 Å². The summed E-state index contributed by atoms with van der Waals surface area (Å²) in [5.74, 6) is 0.681. The average Bonchev–Trinajstić information content (AvgIpc) is 3.32. The van der Waals surface area contributed by atoms with Crippen LogP contribution in [0.1, 0.15) is 29.5 Å². The third kappa shape index (κ3) is 4.52. The molecule has 1 aromatic heterocycles. The summed E-state index contributed by atoms with van der Waals surface area (Å²) < 4.78 is 28.0. The van der Waals surface area contributed by atoms with Gasteiger partial charge in [-0.05, 0) is 54.4 Å². The predicted molar refractivity (Wildman–Crippen MR) is 134 cm³/mol. The van der Waals surface area contributed by atoms with Gasteiger partial charge in [-0.3, -0.25) is 0 Å². The Morgan fingerprint density at radius 1 is 0.944 bits per heavy atom. The van der Waals surface area contributed by atoms with E-state index in [1.54, 1.807) is 26.2 Å². The second-order valence-electron chi connectivity index (χ2n) is 8.41. The standard InChI is InChI=1S/C29H26O7/c1-3-33-29(31)27-24(25-26(36-27)22-6-4-5-7-23(22)35-28(25)30)19-10-14-21(15-11-19)34-17-16-18-8-12-20(32-2)13-9-18/h4-15,24,27H,3,16-17H2,1-2H3. The van der Waals surface area contributed by atoms with Gasteiger partial charge in [0.15, 0.2) is 0 Å². The number of benzene rings is 3. The number of ether oxygens (including phenoxy) is 4. The number of hydrogen-bond acceptors (Lipinski definition) is 7. The molecule has 2 atom stereocenters. The van der Waals surface area contributed by atoms with Crippen LogP contribution < -0.4 is 19.8 Å². The molecule has 1 aliphatic heterocycles. The van der Waals surface area contributed by atoms with Gasteiger partial charge in [-0.15, -0.1) is 0 Å². The Bertz CT molecular complexity index is 1420. The van der Waals surface area contributed by atoms with Gasteiger partial charge in [-0.25, -0.2) is 9.59 Å². The number of methoxy groups -OCH3 is 1. The lowest BCUT2D eigenvalue weighted by atomic mass is 9.88. The molecule has 1 aliphatic rings.